The van der Waals surface area contributed by atoms with E-state index >= 15 is 0 Å². The van der Waals surface area contributed by atoms with Crippen molar-refractivity contribution in [3.8, 4) is 0 Å². The molecule has 2 fully saturated rings. The second-order valence-electron chi connectivity index (χ2n) is 8.26. The van der Waals surface area contributed by atoms with E-state index in [0.29, 0.717) is 6.04 Å². The van der Waals surface area contributed by atoms with Gasteiger partial charge < -0.3 is 14.5 Å². The van der Waals surface area contributed by atoms with Crippen molar-refractivity contribution in [2.45, 2.75) is 19.1 Å². The van der Waals surface area contributed by atoms with E-state index in [9.17, 15) is 4.79 Å². The van der Waals surface area contributed by atoms with E-state index in [2.05, 4.69) is 62.1 Å². The second-order valence-corrected chi connectivity index (χ2v) is 8.26. The van der Waals surface area contributed by atoms with E-state index in [0.717, 1.165) is 70.9 Å². The number of carbonyl (C=O) groups is 1. The fourth-order valence-corrected chi connectivity index (χ4v) is 4.86. The Morgan fingerprint density at radius 3 is 2.69 bits per heavy atom. The summed E-state index contributed by atoms with van der Waals surface area (Å²) < 4.78 is 0. The molecule has 1 aromatic carbocycles. The quantitative estimate of drug-likeness (QED) is 0.570. The van der Waals surface area contributed by atoms with Gasteiger partial charge in [0.15, 0.2) is 0 Å². The standard InChI is InChI=1S/C22H27BN5O/c29-17-23-28-10-8-26(9-11-28)22-12-19-15-27-7-6-25(14-18-4-2-1-3-5-18)16-21(27)20(19)13-24-22/h1-5,12-13,17,21H,6-11,14-16H2. The maximum Gasteiger partial charge on any atom is 0.293 e. The number of rotatable bonds is 5. The van der Waals surface area contributed by atoms with E-state index in [1.165, 1.54) is 16.7 Å². The largest absolute Gasteiger partial charge is 0.354 e. The molecule has 0 saturated carbocycles. The first-order chi connectivity index (χ1) is 14.3. The van der Waals surface area contributed by atoms with Gasteiger partial charge in [0, 0.05) is 71.1 Å². The molecule has 149 valence electrons. The number of pyridine rings is 1. The molecule has 1 unspecified atom stereocenters. The van der Waals surface area contributed by atoms with Crippen LogP contribution in [0.5, 0.6) is 0 Å². The smallest absolute Gasteiger partial charge is 0.293 e. The summed E-state index contributed by atoms with van der Waals surface area (Å²) in [6.45, 7) is 8.94. The molecule has 0 spiro atoms. The number of piperazine rings is 2. The fraction of sp³-hybridized carbons (Fsp3) is 0.455. The van der Waals surface area contributed by atoms with Crippen LogP contribution < -0.4 is 4.90 Å². The third-order valence-electron chi connectivity index (χ3n) is 6.48. The number of aromatic nitrogens is 1. The monoisotopic (exact) mass is 388 g/mol. The predicted molar refractivity (Wildman–Crippen MR) is 115 cm³/mol. The van der Waals surface area contributed by atoms with Gasteiger partial charge in [-0.25, -0.2) is 4.98 Å². The van der Waals surface area contributed by atoms with Crippen LogP contribution in [0.25, 0.3) is 0 Å². The first kappa shape index (κ1) is 18.8. The Kier molecular flexibility index (Phi) is 5.35. The lowest BCUT2D eigenvalue weighted by Gasteiger charge is -2.37. The molecular weight excluding hydrogens is 361 g/mol. The maximum absolute atomic E-state index is 10.7. The van der Waals surface area contributed by atoms with E-state index in [1.54, 1.807) is 7.41 Å². The Labute approximate surface area is 173 Å². The molecule has 1 atom stereocenters. The van der Waals surface area contributed by atoms with Gasteiger partial charge in [-0.15, -0.1) is 0 Å². The predicted octanol–water partition coefficient (Wildman–Crippen LogP) is 1.39. The van der Waals surface area contributed by atoms with Gasteiger partial charge in [-0.3, -0.25) is 9.80 Å². The average Bonchev–Trinajstić information content (AvgIpc) is 3.12. The summed E-state index contributed by atoms with van der Waals surface area (Å²) >= 11 is 0. The fourth-order valence-electron chi connectivity index (χ4n) is 4.86. The first-order valence-corrected chi connectivity index (χ1v) is 10.6. The second kappa shape index (κ2) is 8.26. The van der Waals surface area contributed by atoms with Gasteiger partial charge in [-0.1, -0.05) is 30.3 Å². The highest BCUT2D eigenvalue weighted by atomic mass is 16.1. The molecule has 1 aromatic heterocycles. The Hall–Kier alpha value is -2.22. The molecule has 0 aliphatic carbocycles. The molecule has 5 rings (SSSR count). The van der Waals surface area contributed by atoms with E-state index in [-0.39, 0.29) is 0 Å². The van der Waals surface area contributed by atoms with Gasteiger partial charge in [0.1, 0.15) is 5.82 Å². The van der Waals surface area contributed by atoms with E-state index in [1.807, 2.05) is 0 Å². The van der Waals surface area contributed by atoms with Gasteiger partial charge in [0.05, 0.1) is 6.19 Å². The topological polar surface area (TPSA) is 42.9 Å². The van der Waals surface area contributed by atoms with Gasteiger partial charge in [0.25, 0.3) is 7.41 Å². The Bertz CT molecular complexity index is 856. The molecule has 0 N–H and O–H groups in total. The van der Waals surface area contributed by atoms with Crippen molar-refractivity contribution in [3.05, 3.63) is 59.3 Å². The zero-order chi connectivity index (χ0) is 19.6. The van der Waals surface area contributed by atoms with Crippen molar-refractivity contribution in [1.29, 1.82) is 0 Å². The molecule has 2 aromatic rings. The molecule has 3 aliphatic heterocycles. The molecule has 0 amide bonds. The van der Waals surface area contributed by atoms with Gasteiger partial charge in [-0.2, -0.15) is 0 Å². The van der Waals surface area contributed by atoms with E-state index in [4.69, 9.17) is 4.98 Å². The van der Waals surface area contributed by atoms with Crippen molar-refractivity contribution >= 4 is 19.4 Å². The molecule has 3 aliphatic rings. The highest BCUT2D eigenvalue weighted by Crippen LogP contribution is 2.37. The van der Waals surface area contributed by atoms with Crippen LogP contribution in [-0.2, 0) is 17.9 Å². The zero-order valence-corrected chi connectivity index (χ0v) is 16.8. The minimum Gasteiger partial charge on any atom is -0.354 e. The van der Waals surface area contributed by atoms with Gasteiger partial charge in [0.2, 0.25) is 0 Å². The number of hydrogen-bond acceptors (Lipinski definition) is 6. The zero-order valence-electron chi connectivity index (χ0n) is 16.8. The van der Waals surface area contributed by atoms with Gasteiger partial charge in [-0.05, 0) is 22.8 Å². The van der Waals surface area contributed by atoms with Crippen LogP contribution >= 0.6 is 0 Å². The third kappa shape index (κ3) is 3.95. The summed E-state index contributed by atoms with van der Waals surface area (Å²) in [5, 5.41) is 0. The highest BCUT2D eigenvalue weighted by Gasteiger charge is 2.35. The van der Waals surface area contributed by atoms with Crippen LogP contribution in [0.3, 0.4) is 0 Å². The minimum atomic E-state index is 0.461. The Morgan fingerprint density at radius 2 is 1.90 bits per heavy atom. The van der Waals surface area contributed by atoms with Crippen LogP contribution in [0.4, 0.5) is 5.82 Å². The summed E-state index contributed by atoms with van der Waals surface area (Å²) in [5.41, 5.74) is 4.22. The minimum absolute atomic E-state index is 0.461. The lowest BCUT2D eigenvalue weighted by atomic mass is 9.93. The first-order valence-electron chi connectivity index (χ1n) is 10.6. The molecule has 6 nitrogen and oxygen atoms in total. The van der Waals surface area contributed by atoms with Crippen molar-refractivity contribution in [1.82, 2.24) is 19.6 Å². The molecule has 29 heavy (non-hydrogen) atoms. The molecule has 4 heterocycles. The molecule has 7 heteroatoms. The number of hydrogen-bond donors (Lipinski definition) is 0. The Balaban J connectivity index is 1.26. The van der Waals surface area contributed by atoms with Crippen LogP contribution in [0.15, 0.2) is 42.6 Å². The molecular formula is C22H27BN5O. The lowest BCUT2D eigenvalue weighted by molar-refractivity contribution is 0.0786. The molecule has 1 radical (unpaired) electrons. The number of fused-ring (bicyclic) bond motifs is 3. The van der Waals surface area contributed by atoms with E-state index < -0.39 is 0 Å². The van der Waals surface area contributed by atoms with Crippen molar-refractivity contribution in [2.24, 2.45) is 0 Å². The summed E-state index contributed by atoms with van der Waals surface area (Å²) in [6.07, 6.45) is 2.99. The average molecular weight is 388 g/mol. The van der Waals surface area contributed by atoms with Crippen LogP contribution in [-0.4, -0.2) is 79.0 Å². The van der Waals surface area contributed by atoms with Gasteiger partial charge >= 0.3 is 0 Å². The van der Waals surface area contributed by atoms with Crippen LogP contribution in [0.2, 0.25) is 0 Å². The van der Waals surface area contributed by atoms with Crippen molar-refractivity contribution in [3.63, 3.8) is 0 Å². The normalized spacial score (nSPS) is 22.9. The summed E-state index contributed by atoms with van der Waals surface area (Å²) in [7, 11) is 1.65. The maximum atomic E-state index is 10.7. The number of nitrogens with zero attached hydrogens (tertiary/aromatic N) is 5. The number of carbonyl (C=O) groups excluding carboxylic acids is 1. The molecule has 2 saturated heterocycles. The van der Waals surface area contributed by atoms with Crippen molar-refractivity contribution < 1.29 is 4.79 Å². The third-order valence-corrected chi connectivity index (χ3v) is 6.48. The Morgan fingerprint density at radius 1 is 1.07 bits per heavy atom. The van der Waals surface area contributed by atoms with Crippen LogP contribution in [0, 0.1) is 0 Å². The highest BCUT2D eigenvalue weighted by molar-refractivity contribution is 6.64. The van der Waals surface area contributed by atoms with Crippen molar-refractivity contribution in [2.75, 3.05) is 50.7 Å². The SMILES string of the molecule is O=C[B]N1CCN(c2cc3c(cn2)C2CN(Cc4ccccc4)CCN2C3)CC1. The number of anilines is 1. The number of benzene rings is 1. The summed E-state index contributed by atoms with van der Waals surface area (Å²) in [6, 6.07) is 13.5. The summed E-state index contributed by atoms with van der Waals surface area (Å²) in [4.78, 5) is 25.1. The molecule has 0 bridgehead atoms. The lowest BCUT2D eigenvalue weighted by Crippen LogP contribution is -2.48. The van der Waals surface area contributed by atoms with Crippen LogP contribution in [0.1, 0.15) is 22.7 Å². The summed E-state index contributed by atoms with van der Waals surface area (Å²) in [5.74, 6) is 1.08.